The first-order valence-electron chi connectivity index (χ1n) is 8.38. The standard InChI is InChI=1S/C17H21N3O4/c21-14-9-24-15-11(19-14)3-1-4-12(15)20-16(22)18-10-17-6-2-5-13(17)23-8-7-17/h1,3-4,13H,2,5-10H2,(H,19,21)(H2,18,20,22)/t13-,17-/m1/s1. The number of amides is 3. The van der Waals surface area contributed by atoms with Crippen LogP contribution < -0.4 is 20.7 Å². The molecule has 3 amide bonds. The van der Waals surface area contributed by atoms with E-state index in [1.54, 1.807) is 18.2 Å². The van der Waals surface area contributed by atoms with E-state index in [-0.39, 0.29) is 30.1 Å². The van der Waals surface area contributed by atoms with Crippen LogP contribution >= 0.6 is 0 Å². The van der Waals surface area contributed by atoms with Crippen LogP contribution in [0.3, 0.4) is 0 Å². The Morgan fingerprint density at radius 1 is 1.38 bits per heavy atom. The molecule has 0 radical (unpaired) electrons. The summed E-state index contributed by atoms with van der Waals surface area (Å²) in [7, 11) is 0. The molecule has 0 unspecified atom stereocenters. The number of rotatable bonds is 3. The van der Waals surface area contributed by atoms with Crippen LogP contribution in [0.4, 0.5) is 16.2 Å². The Hall–Kier alpha value is -2.28. The summed E-state index contributed by atoms with van der Waals surface area (Å²) < 4.78 is 11.2. The van der Waals surface area contributed by atoms with Gasteiger partial charge in [0.05, 0.1) is 17.5 Å². The van der Waals surface area contributed by atoms with Crippen molar-refractivity contribution < 1.29 is 19.1 Å². The lowest BCUT2D eigenvalue weighted by molar-refractivity contribution is -0.118. The number of carbonyl (C=O) groups is 2. The van der Waals surface area contributed by atoms with E-state index < -0.39 is 0 Å². The third-order valence-electron chi connectivity index (χ3n) is 5.23. The summed E-state index contributed by atoms with van der Waals surface area (Å²) >= 11 is 0. The molecule has 1 saturated heterocycles. The Labute approximate surface area is 140 Å². The van der Waals surface area contributed by atoms with E-state index in [9.17, 15) is 9.59 Å². The van der Waals surface area contributed by atoms with E-state index in [1.165, 1.54) is 0 Å². The van der Waals surface area contributed by atoms with E-state index in [2.05, 4.69) is 16.0 Å². The molecule has 0 spiro atoms. The zero-order valence-electron chi connectivity index (χ0n) is 13.4. The Morgan fingerprint density at radius 3 is 3.21 bits per heavy atom. The summed E-state index contributed by atoms with van der Waals surface area (Å²) in [6, 6.07) is 4.99. The highest BCUT2D eigenvalue weighted by molar-refractivity contribution is 5.99. The molecule has 2 atom stereocenters. The zero-order valence-corrected chi connectivity index (χ0v) is 13.4. The fraction of sp³-hybridized carbons (Fsp3) is 0.529. The largest absolute Gasteiger partial charge is 0.479 e. The highest BCUT2D eigenvalue weighted by Gasteiger charge is 2.47. The number of urea groups is 1. The van der Waals surface area contributed by atoms with Gasteiger partial charge in [0, 0.05) is 18.6 Å². The molecule has 128 valence electrons. The average Bonchev–Trinajstić information content (AvgIpc) is 3.13. The molecular formula is C17H21N3O4. The molecule has 1 aromatic rings. The lowest BCUT2D eigenvalue weighted by Gasteiger charge is -2.28. The Balaban J connectivity index is 1.40. The molecular weight excluding hydrogens is 310 g/mol. The predicted octanol–water partition coefficient (Wildman–Crippen LogP) is 2.10. The maximum atomic E-state index is 12.3. The summed E-state index contributed by atoms with van der Waals surface area (Å²) in [5.41, 5.74) is 1.22. The summed E-state index contributed by atoms with van der Waals surface area (Å²) in [4.78, 5) is 23.7. The van der Waals surface area contributed by atoms with Gasteiger partial charge < -0.3 is 25.4 Å². The van der Waals surface area contributed by atoms with Crippen LogP contribution in [0.25, 0.3) is 0 Å². The van der Waals surface area contributed by atoms with Gasteiger partial charge in [0.1, 0.15) is 0 Å². The quantitative estimate of drug-likeness (QED) is 0.791. The topological polar surface area (TPSA) is 88.7 Å². The van der Waals surface area contributed by atoms with Crippen molar-refractivity contribution in [1.82, 2.24) is 5.32 Å². The predicted molar refractivity (Wildman–Crippen MR) is 88.2 cm³/mol. The van der Waals surface area contributed by atoms with Gasteiger partial charge in [-0.3, -0.25) is 4.79 Å². The minimum absolute atomic E-state index is 0.0462. The van der Waals surface area contributed by atoms with Gasteiger partial charge in [-0.25, -0.2) is 4.79 Å². The van der Waals surface area contributed by atoms with E-state index >= 15 is 0 Å². The molecule has 4 rings (SSSR count). The molecule has 1 aliphatic carbocycles. The number of fused-ring (bicyclic) bond motifs is 2. The van der Waals surface area contributed by atoms with Crippen molar-refractivity contribution in [3.63, 3.8) is 0 Å². The molecule has 0 aromatic heterocycles. The molecule has 0 bridgehead atoms. The van der Waals surface area contributed by atoms with Crippen molar-refractivity contribution in [2.75, 3.05) is 30.4 Å². The summed E-state index contributed by atoms with van der Waals surface area (Å²) in [6.45, 7) is 1.36. The van der Waals surface area contributed by atoms with Crippen molar-refractivity contribution in [3.05, 3.63) is 18.2 Å². The van der Waals surface area contributed by atoms with Crippen LogP contribution in [-0.4, -0.2) is 37.8 Å². The number of hydrogen-bond donors (Lipinski definition) is 3. The van der Waals surface area contributed by atoms with Crippen LogP contribution in [0.2, 0.25) is 0 Å². The van der Waals surface area contributed by atoms with Gasteiger partial charge in [-0.15, -0.1) is 0 Å². The Morgan fingerprint density at radius 2 is 2.29 bits per heavy atom. The Bertz CT molecular complexity index is 666. The third-order valence-corrected chi connectivity index (χ3v) is 5.23. The van der Waals surface area contributed by atoms with Crippen LogP contribution in [0.15, 0.2) is 18.2 Å². The zero-order chi connectivity index (χ0) is 16.6. The maximum Gasteiger partial charge on any atom is 0.319 e. The molecule has 24 heavy (non-hydrogen) atoms. The number of hydrogen-bond acceptors (Lipinski definition) is 4. The second-order valence-electron chi connectivity index (χ2n) is 6.69. The highest BCUT2D eigenvalue weighted by Crippen LogP contribution is 2.46. The molecule has 3 N–H and O–H groups in total. The number of benzene rings is 1. The normalized spacial score (nSPS) is 27.7. The summed E-state index contributed by atoms with van der Waals surface area (Å²) in [5, 5.41) is 8.52. The van der Waals surface area contributed by atoms with Crippen molar-refractivity contribution in [2.45, 2.75) is 31.8 Å². The number of ether oxygens (including phenoxy) is 2. The van der Waals surface area contributed by atoms with E-state index in [0.717, 1.165) is 32.3 Å². The van der Waals surface area contributed by atoms with Crippen molar-refractivity contribution >= 4 is 23.3 Å². The van der Waals surface area contributed by atoms with Gasteiger partial charge in [0.15, 0.2) is 12.4 Å². The minimum atomic E-state index is -0.268. The average molecular weight is 331 g/mol. The van der Waals surface area contributed by atoms with Gasteiger partial charge in [-0.1, -0.05) is 12.5 Å². The maximum absolute atomic E-state index is 12.3. The van der Waals surface area contributed by atoms with E-state index in [1.807, 2.05) is 0 Å². The first-order chi connectivity index (χ1) is 11.7. The number of para-hydroxylation sites is 1. The second kappa shape index (κ2) is 5.98. The van der Waals surface area contributed by atoms with Crippen molar-refractivity contribution in [2.24, 2.45) is 5.41 Å². The summed E-state index contributed by atoms with van der Waals surface area (Å²) in [5.74, 6) is 0.296. The molecule has 1 aromatic carbocycles. The van der Waals surface area contributed by atoms with Gasteiger partial charge >= 0.3 is 6.03 Å². The molecule has 7 nitrogen and oxygen atoms in total. The molecule has 2 fully saturated rings. The fourth-order valence-corrected chi connectivity index (χ4v) is 3.98. The van der Waals surface area contributed by atoms with Gasteiger partial charge in [0.25, 0.3) is 5.91 Å². The molecule has 1 saturated carbocycles. The molecule has 2 heterocycles. The van der Waals surface area contributed by atoms with E-state index in [4.69, 9.17) is 9.47 Å². The first-order valence-corrected chi connectivity index (χ1v) is 8.38. The smallest absolute Gasteiger partial charge is 0.319 e. The molecule has 3 aliphatic rings. The van der Waals surface area contributed by atoms with Gasteiger partial charge in [0.2, 0.25) is 0 Å². The van der Waals surface area contributed by atoms with Crippen LogP contribution in [0, 0.1) is 5.41 Å². The van der Waals surface area contributed by atoms with Gasteiger partial charge in [-0.05, 0) is 31.4 Å². The SMILES string of the molecule is O=C1COc2c(cccc2NC(=O)NC[C@]23CCC[C@H]2OCC3)N1. The molecule has 7 heteroatoms. The second-order valence-corrected chi connectivity index (χ2v) is 6.69. The van der Waals surface area contributed by atoms with Crippen molar-refractivity contribution in [3.8, 4) is 5.75 Å². The molecule has 2 aliphatic heterocycles. The highest BCUT2D eigenvalue weighted by atomic mass is 16.5. The fourth-order valence-electron chi connectivity index (χ4n) is 3.98. The van der Waals surface area contributed by atoms with Crippen molar-refractivity contribution in [1.29, 1.82) is 0 Å². The van der Waals surface area contributed by atoms with Crippen LogP contribution in [0.1, 0.15) is 25.7 Å². The number of nitrogens with one attached hydrogen (secondary N) is 3. The third kappa shape index (κ3) is 2.69. The minimum Gasteiger partial charge on any atom is -0.479 e. The lowest BCUT2D eigenvalue weighted by Crippen LogP contribution is -2.41. The number of carbonyl (C=O) groups excluding carboxylic acids is 2. The monoisotopic (exact) mass is 331 g/mol. The van der Waals surface area contributed by atoms with Crippen LogP contribution in [0.5, 0.6) is 5.75 Å². The van der Waals surface area contributed by atoms with Gasteiger partial charge in [-0.2, -0.15) is 0 Å². The van der Waals surface area contributed by atoms with Crippen LogP contribution in [-0.2, 0) is 9.53 Å². The van der Waals surface area contributed by atoms with E-state index in [0.29, 0.717) is 23.7 Å². The first kappa shape index (κ1) is 15.3. The Kier molecular flexibility index (Phi) is 3.80. The lowest BCUT2D eigenvalue weighted by atomic mass is 9.83. The summed E-state index contributed by atoms with van der Waals surface area (Å²) in [6.07, 6.45) is 4.64. The number of anilines is 2.